The first-order chi connectivity index (χ1) is 9.79. The predicted molar refractivity (Wildman–Crippen MR) is 87.2 cm³/mol. The van der Waals surface area contributed by atoms with E-state index >= 15 is 0 Å². The monoisotopic (exact) mass is 287 g/mol. The molecular weight excluding hydrogens is 266 g/mol. The minimum absolute atomic E-state index is 0.555. The van der Waals surface area contributed by atoms with Gasteiger partial charge in [0, 0.05) is 18.1 Å². The van der Waals surface area contributed by atoms with Gasteiger partial charge in [-0.3, -0.25) is 0 Å². The number of thioether (sulfide) groups is 1. The van der Waals surface area contributed by atoms with Gasteiger partial charge in [0.05, 0.1) is 6.61 Å². The average Bonchev–Trinajstić information content (AvgIpc) is 2.49. The molecule has 0 radical (unpaired) electrons. The van der Waals surface area contributed by atoms with Crippen LogP contribution in [0.25, 0.3) is 0 Å². The third-order valence-electron chi connectivity index (χ3n) is 3.15. The number of aryl methyl sites for hydroxylation is 1. The molecule has 0 unspecified atom stereocenters. The van der Waals surface area contributed by atoms with Crippen molar-refractivity contribution in [3.63, 3.8) is 0 Å². The Balaban J connectivity index is 1.70. The van der Waals surface area contributed by atoms with Crippen LogP contribution in [0.2, 0.25) is 0 Å². The maximum atomic E-state index is 5.74. The molecule has 2 aromatic carbocycles. The van der Waals surface area contributed by atoms with Crippen molar-refractivity contribution in [1.82, 2.24) is 0 Å². The minimum atomic E-state index is 0.555. The molecule has 0 spiro atoms. The molecule has 2 N–H and O–H groups in total. The van der Waals surface area contributed by atoms with Gasteiger partial charge >= 0.3 is 0 Å². The molecule has 0 aliphatic heterocycles. The smallest absolute Gasteiger partial charge is 0.119 e. The lowest BCUT2D eigenvalue weighted by molar-refractivity contribution is 0.343. The Bertz CT molecular complexity index is 542. The third kappa shape index (κ3) is 4.58. The SMILES string of the molecule is Cc1ccccc1CSCCOc1cccc(CN)c1. The molecule has 2 aromatic rings. The number of hydrogen-bond acceptors (Lipinski definition) is 3. The van der Waals surface area contributed by atoms with Crippen molar-refractivity contribution in [2.75, 3.05) is 12.4 Å². The van der Waals surface area contributed by atoms with E-state index in [4.69, 9.17) is 10.5 Å². The maximum absolute atomic E-state index is 5.74. The first-order valence-corrected chi connectivity index (χ1v) is 7.99. The zero-order chi connectivity index (χ0) is 14.2. The van der Waals surface area contributed by atoms with Gasteiger partial charge in [-0.25, -0.2) is 0 Å². The molecule has 0 saturated carbocycles. The van der Waals surface area contributed by atoms with E-state index in [-0.39, 0.29) is 0 Å². The Kier molecular flexibility index (Phi) is 5.96. The fourth-order valence-electron chi connectivity index (χ4n) is 1.93. The second-order valence-corrected chi connectivity index (χ2v) is 5.78. The van der Waals surface area contributed by atoms with E-state index < -0.39 is 0 Å². The summed E-state index contributed by atoms with van der Waals surface area (Å²) in [6.45, 7) is 3.44. The molecule has 0 heterocycles. The summed E-state index contributed by atoms with van der Waals surface area (Å²) in [7, 11) is 0. The van der Waals surface area contributed by atoms with E-state index in [1.165, 1.54) is 11.1 Å². The Morgan fingerprint density at radius 2 is 1.95 bits per heavy atom. The number of benzene rings is 2. The summed E-state index contributed by atoms with van der Waals surface area (Å²) < 4.78 is 5.74. The summed E-state index contributed by atoms with van der Waals surface area (Å²) in [6, 6.07) is 16.5. The van der Waals surface area contributed by atoms with Crippen LogP contribution in [0, 0.1) is 6.92 Å². The van der Waals surface area contributed by atoms with E-state index in [0.717, 1.165) is 29.4 Å². The Hall–Kier alpha value is -1.45. The second-order valence-electron chi connectivity index (χ2n) is 4.68. The molecule has 0 saturated heterocycles. The van der Waals surface area contributed by atoms with Crippen LogP contribution in [0.5, 0.6) is 5.75 Å². The molecule has 2 nitrogen and oxygen atoms in total. The van der Waals surface area contributed by atoms with Crippen molar-refractivity contribution in [3.05, 3.63) is 65.2 Å². The van der Waals surface area contributed by atoms with Crippen molar-refractivity contribution in [2.45, 2.75) is 19.2 Å². The average molecular weight is 287 g/mol. The summed E-state index contributed by atoms with van der Waals surface area (Å²) in [4.78, 5) is 0. The molecule has 0 aromatic heterocycles. The highest BCUT2D eigenvalue weighted by Crippen LogP contribution is 2.17. The fourth-order valence-corrected chi connectivity index (χ4v) is 2.82. The van der Waals surface area contributed by atoms with Gasteiger partial charge in [-0.05, 0) is 35.7 Å². The fraction of sp³-hybridized carbons (Fsp3) is 0.294. The predicted octanol–water partition coefficient (Wildman–Crippen LogP) is 3.77. The molecule has 0 aliphatic carbocycles. The highest BCUT2D eigenvalue weighted by Gasteiger charge is 1.99. The molecular formula is C17H21NOS. The zero-order valence-electron chi connectivity index (χ0n) is 11.8. The third-order valence-corrected chi connectivity index (χ3v) is 4.12. The van der Waals surface area contributed by atoms with E-state index in [2.05, 4.69) is 31.2 Å². The van der Waals surface area contributed by atoms with Gasteiger partial charge in [0.15, 0.2) is 0 Å². The van der Waals surface area contributed by atoms with Crippen LogP contribution < -0.4 is 10.5 Å². The van der Waals surface area contributed by atoms with Gasteiger partial charge in [-0.2, -0.15) is 11.8 Å². The van der Waals surface area contributed by atoms with Crippen LogP contribution in [0.15, 0.2) is 48.5 Å². The highest BCUT2D eigenvalue weighted by atomic mass is 32.2. The molecule has 0 fully saturated rings. The van der Waals surface area contributed by atoms with Gasteiger partial charge in [-0.15, -0.1) is 0 Å². The Morgan fingerprint density at radius 1 is 1.10 bits per heavy atom. The van der Waals surface area contributed by atoms with E-state index in [9.17, 15) is 0 Å². The van der Waals surface area contributed by atoms with Crippen LogP contribution in [-0.2, 0) is 12.3 Å². The number of ether oxygens (including phenoxy) is 1. The van der Waals surface area contributed by atoms with Crippen LogP contribution in [0.3, 0.4) is 0 Å². The standard InChI is InChI=1S/C17H21NOS/c1-14-5-2-3-7-16(14)13-20-10-9-19-17-8-4-6-15(11-17)12-18/h2-8,11H,9-10,12-13,18H2,1H3. The first kappa shape index (κ1) is 14.9. The maximum Gasteiger partial charge on any atom is 0.119 e. The molecule has 3 heteroatoms. The highest BCUT2D eigenvalue weighted by molar-refractivity contribution is 7.98. The molecule has 0 amide bonds. The van der Waals surface area contributed by atoms with E-state index in [1.54, 1.807) is 0 Å². The van der Waals surface area contributed by atoms with Crippen molar-refractivity contribution in [3.8, 4) is 5.75 Å². The van der Waals surface area contributed by atoms with E-state index in [0.29, 0.717) is 6.54 Å². The largest absolute Gasteiger partial charge is 0.493 e. The zero-order valence-corrected chi connectivity index (χ0v) is 12.7. The van der Waals surface area contributed by atoms with Crippen molar-refractivity contribution < 1.29 is 4.74 Å². The normalized spacial score (nSPS) is 10.5. The van der Waals surface area contributed by atoms with Gasteiger partial charge < -0.3 is 10.5 Å². The Labute approximate surface area is 125 Å². The lowest BCUT2D eigenvalue weighted by atomic mass is 10.1. The number of hydrogen-bond donors (Lipinski definition) is 1. The van der Waals surface area contributed by atoms with Crippen LogP contribution >= 0.6 is 11.8 Å². The molecule has 0 bridgehead atoms. The van der Waals surface area contributed by atoms with Crippen LogP contribution in [-0.4, -0.2) is 12.4 Å². The van der Waals surface area contributed by atoms with Crippen molar-refractivity contribution in [1.29, 1.82) is 0 Å². The molecule has 2 rings (SSSR count). The summed E-state index contributed by atoms with van der Waals surface area (Å²) in [5.41, 5.74) is 9.48. The number of rotatable bonds is 7. The van der Waals surface area contributed by atoms with Crippen LogP contribution in [0.4, 0.5) is 0 Å². The summed E-state index contributed by atoms with van der Waals surface area (Å²) in [5.74, 6) is 2.93. The first-order valence-electron chi connectivity index (χ1n) is 6.83. The lowest BCUT2D eigenvalue weighted by Crippen LogP contribution is -2.02. The van der Waals surface area contributed by atoms with Crippen molar-refractivity contribution in [2.24, 2.45) is 5.73 Å². The summed E-state index contributed by atoms with van der Waals surface area (Å²) >= 11 is 1.90. The molecule has 106 valence electrons. The van der Waals surface area contributed by atoms with Gasteiger partial charge in [0.2, 0.25) is 0 Å². The van der Waals surface area contributed by atoms with Gasteiger partial charge in [-0.1, -0.05) is 36.4 Å². The number of nitrogens with two attached hydrogens (primary N) is 1. The molecule has 20 heavy (non-hydrogen) atoms. The van der Waals surface area contributed by atoms with Crippen LogP contribution in [0.1, 0.15) is 16.7 Å². The summed E-state index contributed by atoms with van der Waals surface area (Å²) in [6.07, 6.45) is 0. The second kappa shape index (κ2) is 7.98. The molecule has 0 atom stereocenters. The summed E-state index contributed by atoms with van der Waals surface area (Å²) in [5, 5.41) is 0. The topological polar surface area (TPSA) is 35.2 Å². The molecule has 0 aliphatic rings. The van der Waals surface area contributed by atoms with E-state index in [1.807, 2.05) is 36.0 Å². The lowest BCUT2D eigenvalue weighted by Gasteiger charge is -2.08. The van der Waals surface area contributed by atoms with Gasteiger partial charge in [0.25, 0.3) is 0 Å². The minimum Gasteiger partial charge on any atom is -0.493 e. The quantitative estimate of drug-likeness (QED) is 0.787. The van der Waals surface area contributed by atoms with Crippen molar-refractivity contribution >= 4 is 11.8 Å². The Morgan fingerprint density at radius 3 is 2.75 bits per heavy atom. The van der Waals surface area contributed by atoms with Gasteiger partial charge in [0.1, 0.15) is 5.75 Å².